The lowest BCUT2D eigenvalue weighted by Crippen LogP contribution is -2.42. The molecule has 11 heteroatoms. The minimum atomic E-state index is -3.65. The lowest BCUT2D eigenvalue weighted by atomic mass is 9.91. The number of hydrogen-bond acceptors (Lipinski definition) is 8. The molecule has 1 amide bonds. The number of amides is 1. The van der Waals surface area contributed by atoms with Crippen LogP contribution in [-0.2, 0) is 21.2 Å². The minimum absolute atomic E-state index is 0.125. The number of methoxy groups -OCH3 is 3. The predicted molar refractivity (Wildman–Crippen MR) is 157 cm³/mol. The van der Waals surface area contributed by atoms with Gasteiger partial charge in [0.2, 0.25) is 10.0 Å². The van der Waals surface area contributed by atoms with Crippen molar-refractivity contribution in [3.63, 3.8) is 0 Å². The molecule has 42 heavy (non-hydrogen) atoms. The molecule has 0 unspecified atom stereocenters. The summed E-state index contributed by atoms with van der Waals surface area (Å²) in [5, 5.41) is 0. The van der Waals surface area contributed by atoms with E-state index < -0.39 is 22.0 Å². The van der Waals surface area contributed by atoms with Crippen LogP contribution in [0, 0.1) is 0 Å². The molecule has 0 aromatic heterocycles. The summed E-state index contributed by atoms with van der Waals surface area (Å²) < 4.78 is 49.2. The van der Waals surface area contributed by atoms with Crippen molar-refractivity contribution < 1.29 is 37.0 Å². The highest BCUT2D eigenvalue weighted by atomic mass is 32.2. The molecule has 0 aliphatic carbocycles. The number of benzene rings is 3. The van der Waals surface area contributed by atoms with Crippen LogP contribution in [0.2, 0.25) is 0 Å². The highest BCUT2D eigenvalue weighted by molar-refractivity contribution is 7.89. The summed E-state index contributed by atoms with van der Waals surface area (Å²) in [7, 11) is 0.798. The Morgan fingerprint density at radius 2 is 1.48 bits per heavy atom. The lowest BCUT2D eigenvalue weighted by Gasteiger charge is -2.37. The van der Waals surface area contributed by atoms with Gasteiger partial charge in [-0.05, 0) is 78.2 Å². The van der Waals surface area contributed by atoms with Crippen molar-refractivity contribution in [2.45, 2.75) is 31.2 Å². The van der Waals surface area contributed by atoms with Crippen molar-refractivity contribution >= 4 is 21.9 Å². The van der Waals surface area contributed by atoms with E-state index in [-0.39, 0.29) is 17.4 Å². The quantitative estimate of drug-likeness (QED) is 0.301. The van der Waals surface area contributed by atoms with Crippen molar-refractivity contribution in [1.29, 1.82) is 0 Å². The highest BCUT2D eigenvalue weighted by Gasteiger charge is 2.34. The molecule has 1 aliphatic rings. The number of esters is 1. The van der Waals surface area contributed by atoms with Gasteiger partial charge in [0.1, 0.15) is 12.4 Å². The van der Waals surface area contributed by atoms with Crippen molar-refractivity contribution in [3.8, 4) is 17.2 Å². The second kappa shape index (κ2) is 13.3. The van der Waals surface area contributed by atoms with Crippen LogP contribution in [0.1, 0.15) is 51.7 Å². The van der Waals surface area contributed by atoms with Crippen molar-refractivity contribution in [3.05, 3.63) is 82.9 Å². The largest absolute Gasteiger partial charge is 0.493 e. The van der Waals surface area contributed by atoms with Crippen molar-refractivity contribution in [2.75, 3.05) is 47.6 Å². The van der Waals surface area contributed by atoms with Crippen molar-refractivity contribution in [2.24, 2.45) is 0 Å². The first kappa shape index (κ1) is 30.9. The van der Waals surface area contributed by atoms with E-state index in [0.29, 0.717) is 54.4 Å². The van der Waals surface area contributed by atoms with Gasteiger partial charge in [0.25, 0.3) is 5.91 Å². The summed E-state index contributed by atoms with van der Waals surface area (Å²) in [5.41, 5.74) is 2.63. The number of sulfonamides is 1. The zero-order valence-electron chi connectivity index (χ0n) is 24.5. The van der Waals surface area contributed by atoms with Crippen LogP contribution in [0.3, 0.4) is 0 Å². The van der Waals surface area contributed by atoms with Crippen LogP contribution in [0.25, 0.3) is 0 Å². The fourth-order valence-electron chi connectivity index (χ4n) is 5.08. The highest BCUT2D eigenvalue weighted by Crippen LogP contribution is 2.39. The third-order valence-corrected chi connectivity index (χ3v) is 9.46. The lowest BCUT2D eigenvalue weighted by molar-refractivity contribution is 0.0582. The Morgan fingerprint density at radius 3 is 2.05 bits per heavy atom. The predicted octanol–water partition coefficient (Wildman–Crippen LogP) is 4.34. The molecule has 10 nitrogen and oxygen atoms in total. The topological polar surface area (TPSA) is 112 Å². The van der Waals surface area contributed by atoms with Crippen molar-refractivity contribution in [1.82, 2.24) is 9.21 Å². The summed E-state index contributed by atoms with van der Waals surface area (Å²) >= 11 is 0. The van der Waals surface area contributed by atoms with Gasteiger partial charge >= 0.3 is 5.97 Å². The van der Waals surface area contributed by atoms with Crippen LogP contribution >= 0.6 is 0 Å². The number of fused-ring (bicyclic) bond motifs is 1. The average molecular weight is 597 g/mol. The average Bonchev–Trinajstić information content (AvgIpc) is 3.02. The molecule has 4 rings (SSSR count). The number of hydrogen-bond donors (Lipinski definition) is 0. The molecule has 3 aromatic carbocycles. The SMILES string of the molecule is CCN(CC)S(=O)(=O)c1ccc(C(=O)N2CCc3cc(OC)c(OC)cc3[C@@H]2COc2ccc(C(=O)OC)cc2)cc1. The molecule has 0 spiro atoms. The number of nitrogens with zero attached hydrogens (tertiary/aromatic N) is 2. The normalized spacial score (nSPS) is 14.7. The maximum absolute atomic E-state index is 13.9. The van der Waals surface area contributed by atoms with Crippen LogP contribution in [0.4, 0.5) is 0 Å². The number of carbonyl (C=O) groups excluding carboxylic acids is 2. The van der Waals surface area contributed by atoms with Crippen LogP contribution in [0.5, 0.6) is 17.2 Å². The fraction of sp³-hybridized carbons (Fsp3) is 0.355. The van der Waals surface area contributed by atoms with E-state index in [0.717, 1.165) is 11.1 Å². The third-order valence-electron chi connectivity index (χ3n) is 7.39. The van der Waals surface area contributed by atoms with E-state index in [1.165, 1.54) is 23.5 Å². The smallest absolute Gasteiger partial charge is 0.337 e. The molecule has 1 atom stereocenters. The first-order valence-corrected chi connectivity index (χ1v) is 15.1. The first-order chi connectivity index (χ1) is 20.2. The van der Waals surface area contributed by atoms with Crippen LogP contribution in [-0.4, -0.2) is 77.1 Å². The van der Waals surface area contributed by atoms with E-state index in [4.69, 9.17) is 18.9 Å². The molecule has 0 saturated carbocycles. The van der Waals surface area contributed by atoms with E-state index in [2.05, 4.69) is 0 Å². The molecule has 1 aliphatic heterocycles. The Hall–Kier alpha value is -4.09. The van der Waals surface area contributed by atoms with E-state index in [1.807, 2.05) is 12.1 Å². The molecular formula is C31H36N2O8S. The van der Waals surface area contributed by atoms with Gasteiger partial charge in [-0.15, -0.1) is 0 Å². The maximum atomic E-state index is 13.9. The molecule has 0 N–H and O–H groups in total. The second-order valence-corrected chi connectivity index (χ2v) is 11.5. The molecule has 3 aromatic rings. The van der Waals surface area contributed by atoms with Gasteiger partial charge in [-0.25, -0.2) is 13.2 Å². The van der Waals surface area contributed by atoms with Gasteiger partial charge in [-0.2, -0.15) is 4.31 Å². The maximum Gasteiger partial charge on any atom is 0.337 e. The summed E-state index contributed by atoms with van der Waals surface area (Å²) in [6.07, 6.45) is 0.584. The second-order valence-electron chi connectivity index (χ2n) is 9.61. The number of rotatable bonds is 11. The van der Waals surface area contributed by atoms with E-state index in [9.17, 15) is 18.0 Å². The molecule has 224 valence electrons. The van der Waals surface area contributed by atoms with Crippen LogP contribution in [0.15, 0.2) is 65.6 Å². The Morgan fingerprint density at radius 1 is 0.881 bits per heavy atom. The van der Waals surface area contributed by atoms with Gasteiger partial charge in [0.05, 0.1) is 37.8 Å². The molecule has 0 saturated heterocycles. The Labute approximate surface area is 246 Å². The van der Waals surface area contributed by atoms with Gasteiger partial charge in [0.15, 0.2) is 11.5 Å². The zero-order valence-corrected chi connectivity index (χ0v) is 25.3. The minimum Gasteiger partial charge on any atom is -0.493 e. The van der Waals surface area contributed by atoms with Gasteiger partial charge in [-0.1, -0.05) is 13.8 Å². The van der Waals surface area contributed by atoms with Gasteiger partial charge in [-0.3, -0.25) is 4.79 Å². The fourth-order valence-corrected chi connectivity index (χ4v) is 6.54. The summed E-state index contributed by atoms with van der Waals surface area (Å²) in [6.45, 7) is 4.82. The first-order valence-electron chi connectivity index (χ1n) is 13.7. The monoisotopic (exact) mass is 596 g/mol. The Balaban J connectivity index is 1.65. The van der Waals surface area contributed by atoms with E-state index in [1.54, 1.807) is 69.4 Å². The molecule has 0 bridgehead atoms. The number of carbonyl (C=O) groups is 2. The van der Waals surface area contributed by atoms with Gasteiger partial charge < -0.3 is 23.8 Å². The molecule has 1 heterocycles. The Kier molecular flexibility index (Phi) is 9.74. The zero-order chi connectivity index (χ0) is 30.4. The molecular weight excluding hydrogens is 560 g/mol. The molecule has 0 radical (unpaired) electrons. The van der Waals surface area contributed by atoms with Crippen LogP contribution < -0.4 is 14.2 Å². The summed E-state index contributed by atoms with van der Waals surface area (Å²) in [5.74, 6) is 0.949. The summed E-state index contributed by atoms with van der Waals surface area (Å²) in [6, 6.07) is 15.9. The Bertz CT molecular complexity index is 1520. The van der Waals surface area contributed by atoms with Gasteiger partial charge in [0, 0.05) is 25.2 Å². The summed E-state index contributed by atoms with van der Waals surface area (Å²) in [4.78, 5) is 27.5. The van der Waals surface area contributed by atoms with E-state index >= 15 is 0 Å². The molecule has 0 fully saturated rings. The number of ether oxygens (including phenoxy) is 4. The standard InChI is InChI=1S/C31H36N2O8S/c1-6-32(7-2)42(36,37)25-14-10-21(11-15-25)30(34)33-17-16-23-18-28(38-3)29(39-4)19-26(23)27(33)20-41-24-12-8-22(9-13-24)31(35)40-5/h8-15,18-19,27H,6-7,16-17,20H2,1-5H3/t27-/m0/s1. The third kappa shape index (κ3) is 6.22.